The number of methoxy groups -OCH3 is 1. The number of thiazole rings is 1. The summed E-state index contributed by atoms with van der Waals surface area (Å²) in [6, 6.07) is 7.55. The molecule has 1 amide bonds. The van der Waals surface area contributed by atoms with Crippen molar-refractivity contribution in [3.63, 3.8) is 0 Å². The fraction of sp³-hybridized carbons (Fsp3) is 0.240. The van der Waals surface area contributed by atoms with Crippen LogP contribution in [0.15, 0.2) is 48.3 Å². The van der Waals surface area contributed by atoms with Gasteiger partial charge in [0.2, 0.25) is 0 Å². The van der Waals surface area contributed by atoms with E-state index in [9.17, 15) is 19.5 Å². The molecule has 4 heterocycles. The Balaban J connectivity index is 1.67. The lowest BCUT2D eigenvalue weighted by atomic mass is 9.95. The summed E-state index contributed by atoms with van der Waals surface area (Å²) < 4.78 is 10.5. The monoisotopic (exact) mass is 491 g/mol. The van der Waals surface area contributed by atoms with Gasteiger partial charge in [0.15, 0.2) is 5.13 Å². The molecule has 0 aliphatic carbocycles. The van der Waals surface area contributed by atoms with Crippen molar-refractivity contribution in [2.45, 2.75) is 32.4 Å². The Hall–Kier alpha value is -4.05. The summed E-state index contributed by atoms with van der Waals surface area (Å²) in [7, 11) is 1.26. The second-order valence-electron chi connectivity index (χ2n) is 8.31. The number of benzene rings is 1. The van der Waals surface area contributed by atoms with Gasteiger partial charge < -0.3 is 14.6 Å². The minimum Gasteiger partial charge on any atom is -0.507 e. The number of pyridine rings is 1. The van der Waals surface area contributed by atoms with Gasteiger partial charge in [0.25, 0.3) is 5.78 Å². The molecular formula is C25H21N3O6S. The number of aromatic nitrogens is 2. The van der Waals surface area contributed by atoms with Gasteiger partial charge in [-0.3, -0.25) is 19.5 Å². The zero-order chi connectivity index (χ0) is 24.9. The van der Waals surface area contributed by atoms with Crippen molar-refractivity contribution in [2.75, 3.05) is 12.0 Å². The third-order valence-corrected chi connectivity index (χ3v) is 7.13. The second kappa shape index (κ2) is 8.62. The molecule has 5 rings (SSSR count). The van der Waals surface area contributed by atoms with Crippen LogP contribution in [0, 0.1) is 6.92 Å². The number of aliphatic hydroxyl groups is 1. The third-order valence-electron chi connectivity index (χ3n) is 6.00. The van der Waals surface area contributed by atoms with Crippen molar-refractivity contribution in [2.24, 2.45) is 0 Å². The molecule has 2 atom stereocenters. The van der Waals surface area contributed by atoms with Crippen LogP contribution in [0.1, 0.15) is 45.0 Å². The molecule has 10 heteroatoms. The van der Waals surface area contributed by atoms with E-state index >= 15 is 0 Å². The smallest absolute Gasteiger partial charge is 0.350 e. The quantitative estimate of drug-likeness (QED) is 0.255. The van der Waals surface area contributed by atoms with Crippen molar-refractivity contribution < 1.29 is 29.0 Å². The minimum atomic E-state index is -0.961. The van der Waals surface area contributed by atoms with Crippen LogP contribution in [-0.4, -0.2) is 45.9 Å². The van der Waals surface area contributed by atoms with E-state index in [2.05, 4.69) is 9.97 Å². The van der Waals surface area contributed by atoms with Crippen molar-refractivity contribution in [3.8, 4) is 5.75 Å². The molecule has 2 aliphatic rings. The number of hydrogen-bond acceptors (Lipinski definition) is 9. The van der Waals surface area contributed by atoms with Crippen LogP contribution in [-0.2, 0) is 20.7 Å². The minimum absolute atomic E-state index is 0.0157. The van der Waals surface area contributed by atoms with E-state index in [1.54, 1.807) is 37.3 Å². The van der Waals surface area contributed by atoms with E-state index in [-0.39, 0.29) is 27.4 Å². The average Bonchev–Trinajstić information content (AvgIpc) is 3.50. The number of aliphatic hydroxyl groups excluding tert-OH is 1. The standard InChI is InChI=1S/C25H21N3O6S/c1-12-10-16-11-15(4-5-17(16)34-12)20(29)18-19(14-6-8-26-9-7-14)28(23(31)21(18)30)25-27-13(2)22(35-25)24(32)33-3/h4-9,11-12,19,29H,10H2,1-3H3. The normalized spacial score (nSPS) is 20.6. The second-order valence-corrected chi connectivity index (χ2v) is 9.28. The van der Waals surface area contributed by atoms with E-state index < -0.39 is 23.7 Å². The molecule has 2 aromatic heterocycles. The van der Waals surface area contributed by atoms with Gasteiger partial charge in [-0.05, 0) is 55.3 Å². The van der Waals surface area contributed by atoms with E-state index in [4.69, 9.17) is 9.47 Å². The zero-order valence-corrected chi connectivity index (χ0v) is 20.0. The number of rotatable bonds is 4. The molecule has 35 heavy (non-hydrogen) atoms. The Morgan fingerprint density at radius 1 is 1.23 bits per heavy atom. The first-order valence-corrected chi connectivity index (χ1v) is 11.7. The number of anilines is 1. The number of aryl methyl sites for hydroxylation is 1. The molecule has 2 unspecified atom stereocenters. The number of ketones is 1. The van der Waals surface area contributed by atoms with E-state index in [0.29, 0.717) is 23.2 Å². The first-order chi connectivity index (χ1) is 16.8. The third kappa shape index (κ3) is 3.75. The Morgan fingerprint density at radius 2 is 1.97 bits per heavy atom. The number of ether oxygens (including phenoxy) is 2. The number of carbonyl (C=O) groups excluding carboxylic acids is 3. The largest absolute Gasteiger partial charge is 0.507 e. The predicted molar refractivity (Wildman–Crippen MR) is 127 cm³/mol. The predicted octanol–water partition coefficient (Wildman–Crippen LogP) is 3.58. The molecule has 1 N–H and O–H groups in total. The van der Waals surface area contributed by atoms with Gasteiger partial charge in [-0.2, -0.15) is 0 Å². The summed E-state index contributed by atoms with van der Waals surface area (Å²) in [6.45, 7) is 3.57. The summed E-state index contributed by atoms with van der Waals surface area (Å²) in [5.41, 5.74) is 2.19. The van der Waals surface area contributed by atoms with Crippen LogP contribution in [0.2, 0.25) is 0 Å². The zero-order valence-electron chi connectivity index (χ0n) is 19.1. The van der Waals surface area contributed by atoms with Crippen LogP contribution < -0.4 is 9.64 Å². The molecule has 1 aromatic carbocycles. The van der Waals surface area contributed by atoms with Gasteiger partial charge in [0.05, 0.1) is 24.4 Å². The molecule has 0 radical (unpaired) electrons. The number of nitrogens with zero attached hydrogens (tertiary/aromatic N) is 3. The van der Waals surface area contributed by atoms with Gasteiger partial charge >= 0.3 is 11.9 Å². The molecular weight excluding hydrogens is 470 g/mol. The number of Topliss-reactive ketones (excluding diaryl/α,β-unsaturated/α-hetero) is 1. The lowest BCUT2D eigenvalue weighted by molar-refractivity contribution is -0.132. The molecule has 3 aromatic rings. The molecule has 1 saturated heterocycles. The fourth-order valence-corrected chi connectivity index (χ4v) is 5.39. The highest BCUT2D eigenvalue weighted by Gasteiger charge is 2.48. The Labute approximate surface area is 204 Å². The maximum atomic E-state index is 13.3. The lowest BCUT2D eigenvalue weighted by Crippen LogP contribution is -2.29. The summed E-state index contributed by atoms with van der Waals surface area (Å²) in [6.07, 6.45) is 3.77. The van der Waals surface area contributed by atoms with Crippen LogP contribution in [0.4, 0.5) is 5.13 Å². The van der Waals surface area contributed by atoms with E-state index in [0.717, 1.165) is 22.6 Å². The molecule has 0 spiro atoms. The topological polar surface area (TPSA) is 119 Å². The number of fused-ring (bicyclic) bond motifs is 1. The molecule has 9 nitrogen and oxygen atoms in total. The van der Waals surface area contributed by atoms with Crippen molar-refractivity contribution in [1.29, 1.82) is 0 Å². The maximum Gasteiger partial charge on any atom is 0.350 e. The molecule has 0 saturated carbocycles. The van der Waals surface area contributed by atoms with E-state index in [1.807, 2.05) is 6.92 Å². The lowest BCUT2D eigenvalue weighted by Gasteiger charge is -2.22. The summed E-state index contributed by atoms with van der Waals surface area (Å²) >= 11 is 0.951. The van der Waals surface area contributed by atoms with Crippen molar-refractivity contribution in [1.82, 2.24) is 9.97 Å². The fourth-order valence-electron chi connectivity index (χ4n) is 4.38. The highest BCUT2D eigenvalue weighted by Crippen LogP contribution is 2.44. The maximum absolute atomic E-state index is 13.3. The SMILES string of the molecule is COC(=O)c1sc(N2C(=O)C(=O)C(=C(O)c3ccc4c(c3)CC(C)O4)C2c2ccncc2)nc1C. The first kappa shape index (κ1) is 22.7. The number of carbonyl (C=O) groups is 3. The van der Waals surface area contributed by atoms with Crippen LogP contribution >= 0.6 is 11.3 Å². The Bertz CT molecular complexity index is 1400. The van der Waals surface area contributed by atoms with Crippen LogP contribution in [0.25, 0.3) is 5.76 Å². The van der Waals surface area contributed by atoms with Crippen molar-refractivity contribution in [3.05, 3.63) is 75.6 Å². The Kier molecular flexibility index (Phi) is 5.60. The molecule has 178 valence electrons. The van der Waals surface area contributed by atoms with Crippen molar-refractivity contribution >= 4 is 39.9 Å². The highest BCUT2D eigenvalue weighted by molar-refractivity contribution is 7.17. The number of amides is 1. The summed E-state index contributed by atoms with van der Waals surface area (Å²) in [5.74, 6) is -1.85. The van der Waals surface area contributed by atoms with E-state index in [1.165, 1.54) is 24.4 Å². The summed E-state index contributed by atoms with van der Waals surface area (Å²) in [4.78, 5) is 48.6. The van der Waals surface area contributed by atoms with Gasteiger partial charge in [-0.1, -0.05) is 11.3 Å². The molecule has 2 aliphatic heterocycles. The van der Waals surface area contributed by atoms with Crippen LogP contribution in [0.5, 0.6) is 5.75 Å². The highest BCUT2D eigenvalue weighted by atomic mass is 32.1. The number of esters is 1. The van der Waals surface area contributed by atoms with Crippen LogP contribution in [0.3, 0.4) is 0 Å². The molecule has 1 fully saturated rings. The van der Waals surface area contributed by atoms with Gasteiger partial charge in [0, 0.05) is 24.4 Å². The number of hydrogen-bond donors (Lipinski definition) is 1. The molecule has 0 bridgehead atoms. The summed E-state index contributed by atoms with van der Waals surface area (Å²) in [5, 5.41) is 11.5. The van der Waals surface area contributed by atoms with Gasteiger partial charge in [-0.15, -0.1) is 0 Å². The average molecular weight is 492 g/mol. The van der Waals surface area contributed by atoms with Gasteiger partial charge in [0.1, 0.15) is 22.5 Å². The Morgan fingerprint density at radius 3 is 2.69 bits per heavy atom. The van der Waals surface area contributed by atoms with Gasteiger partial charge in [-0.25, -0.2) is 9.78 Å². The first-order valence-electron chi connectivity index (χ1n) is 10.9.